The summed E-state index contributed by atoms with van der Waals surface area (Å²) in [6, 6.07) is 15.3. The highest BCUT2D eigenvalue weighted by Gasteiger charge is 2.11. The quantitative estimate of drug-likeness (QED) is 0.530. The molecule has 6 nitrogen and oxygen atoms in total. The maximum absolute atomic E-state index is 11.4. The molecule has 4 rings (SSSR count). The van der Waals surface area contributed by atoms with Crippen LogP contribution in [0.2, 0.25) is 0 Å². The fourth-order valence-electron chi connectivity index (χ4n) is 3.07. The molecule has 2 heterocycles. The van der Waals surface area contributed by atoms with Crippen LogP contribution in [-0.4, -0.2) is 20.9 Å². The van der Waals surface area contributed by atoms with Crippen molar-refractivity contribution in [1.82, 2.24) is 15.0 Å². The summed E-state index contributed by atoms with van der Waals surface area (Å²) in [5, 5.41) is 3.39. The van der Waals surface area contributed by atoms with Crippen LogP contribution in [0.4, 0.5) is 5.82 Å². The first-order chi connectivity index (χ1) is 13.5. The predicted molar refractivity (Wildman–Crippen MR) is 112 cm³/mol. The lowest BCUT2D eigenvalue weighted by molar-refractivity contribution is 0.1000. The molecule has 2 aromatic heterocycles. The zero-order chi connectivity index (χ0) is 19.7. The molecule has 0 spiro atoms. The van der Waals surface area contributed by atoms with Gasteiger partial charge in [0.05, 0.1) is 21.4 Å². The number of primary amides is 1. The van der Waals surface area contributed by atoms with E-state index in [1.807, 2.05) is 49.7 Å². The van der Waals surface area contributed by atoms with Crippen LogP contribution in [0.5, 0.6) is 0 Å². The maximum atomic E-state index is 11.4. The van der Waals surface area contributed by atoms with Crippen molar-refractivity contribution in [2.75, 3.05) is 5.32 Å². The molecule has 0 bridgehead atoms. The number of thiazole rings is 1. The Balaban J connectivity index is 1.63. The molecule has 0 saturated carbocycles. The minimum absolute atomic E-state index is 0.0505. The van der Waals surface area contributed by atoms with E-state index >= 15 is 0 Å². The molecule has 3 N–H and O–H groups in total. The van der Waals surface area contributed by atoms with E-state index in [2.05, 4.69) is 26.3 Å². The van der Waals surface area contributed by atoms with E-state index < -0.39 is 5.91 Å². The Morgan fingerprint density at radius 3 is 2.82 bits per heavy atom. The van der Waals surface area contributed by atoms with Gasteiger partial charge in [-0.15, -0.1) is 11.3 Å². The van der Waals surface area contributed by atoms with E-state index in [-0.39, 0.29) is 6.04 Å². The highest BCUT2D eigenvalue weighted by Crippen LogP contribution is 2.27. The van der Waals surface area contributed by atoms with Crippen molar-refractivity contribution in [3.63, 3.8) is 0 Å². The molecule has 1 unspecified atom stereocenters. The number of carbonyl (C=O) groups excluding carboxylic acids is 1. The second kappa shape index (κ2) is 7.36. The Morgan fingerprint density at radius 2 is 2.00 bits per heavy atom. The van der Waals surface area contributed by atoms with Gasteiger partial charge in [-0.3, -0.25) is 4.79 Å². The van der Waals surface area contributed by atoms with Crippen LogP contribution >= 0.6 is 11.3 Å². The molecule has 0 aliphatic heterocycles. The lowest BCUT2D eigenvalue weighted by atomic mass is 10.0. The van der Waals surface area contributed by atoms with Crippen molar-refractivity contribution in [1.29, 1.82) is 0 Å². The molecule has 1 amide bonds. The Kier molecular flexibility index (Phi) is 4.75. The molecule has 0 aliphatic rings. The molecule has 28 heavy (non-hydrogen) atoms. The molecule has 7 heteroatoms. The van der Waals surface area contributed by atoms with E-state index in [4.69, 9.17) is 5.73 Å². The van der Waals surface area contributed by atoms with Crippen molar-refractivity contribution in [3.8, 4) is 11.3 Å². The van der Waals surface area contributed by atoms with Gasteiger partial charge in [0.25, 0.3) is 0 Å². The monoisotopic (exact) mass is 389 g/mol. The summed E-state index contributed by atoms with van der Waals surface area (Å²) in [6.07, 6.45) is 0. The van der Waals surface area contributed by atoms with Gasteiger partial charge in [-0.25, -0.2) is 15.0 Å². The Hall–Kier alpha value is -3.32. The molecular weight excluding hydrogens is 370 g/mol. The van der Waals surface area contributed by atoms with E-state index in [1.165, 1.54) is 0 Å². The third-order valence-electron chi connectivity index (χ3n) is 4.50. The molecule has 4 aromatic rings. The summed E-state index contributed by atoms with van der Waals surface area (Å²) in [7, 11) is 0. The van der Waals surface area contributed by atoms with Gasteiger partial charge in [0.2, 0.25) is 5.91 Å². The lowest BCUT2D eigenvalue weighted by Crippen LogP contribution is -2.13. The van der Waals surface area contributed by atoms with Gasteiger partial charge >= 0.3 is 0 Å². The highest BCUT2D eigenvalue weighted by molar-refractivity contribution is 7.16. The summed E-state index contributed by atoms with van der Waals surface area (Å²) in [5.74, 6) is 0.971. The number of nitrogens with one attached hydrogen (secondary N) is 1. The van der Waals surface area contributed by atoms with Crippen LogP contribution in [0.25, 0.3) is 21.5 Å². The summed E-state index contributed by atoms with van der Waals surface area (Å²) in [5.41, 5.74) is 11.5. The van der Waals surface area contributed by atoms with Crippen molar-refractivity contribution < 1.29 is 4.79 Å². The number of carbonyl (C=O) groups is 1. The van der Waals surface area contributed by atoms with Gasteiger partial charge in [-0.05, 0) is 43.7 Å². The number of anilines is 1. The van der Waals surface area contributed by atoms with Gasteiger partial charge in [-0.2, -0.15) is 0 Å². The molecule has 0 fully saturated rings. The molecule has 0 saturated heterocycles. The third kappa shape index (κ3) is 3.70. The Labute approximate surface area is 166 Å². The summed E-state index contributed by atoms with van der Waals surface area (Å²) < 4.78 is 1.12. The molecule has 140 valence electrons. The first kappa shape index (κ1) is 18.1. The Morgan fingerprint density at radius 1 is 1.14 bits per heavy atom. The average Bonchev–Trinajstić information content (AvgIpc) is 3.15. The second-order valence-electron chi connectivity index (χ2n) is 6.58. The minimum atomic E-state index is -0.437. The van der Waals surface area contributed by atoms with Crippen molar-refractivity contribution in [2.24, 2.45) is 5.73 Å². The number of rotatable bonds is 5. The SMILES string of the molecule is Cc1nc(NC(C)c2cccc(C(N)=O)c2)cc(-c2ccc3ncsc3c2)n1. The number of fused-ring (bicyclic) bond motifs is 1. The standard InChI is InChI=1S/C21H19N5OS/c1-12(14-4-3-5-16(8-14)21(22)27)24-20-10-18(25-13(2)26-20)15-6-7-17-19(9-15)28-11-23-17/h3-12H,1-2H3,(H2,22,27)(H,24,25,26). The van der Waals surface area contributed by atoms with Crippen LogP contribution in [-0.2, 0) is 0 Å². The van der Waals surface area contributed by atoms with Gasteiger partial charge in [0.15, 0.2) is 0 Å². The number of nitrogens with zero attached hydrogens (tertiary/aromatic N) is 3. The van der Waals surface area contributed by atoms with E-state index in [9.17, 15) is 4.79 Å². The van der Waals surface area contributed by atoms with Crippen LogP contribution in [0.15, 0.2) is 54.0 Å². The topological polar surface area (TPSA) is 93.8 Å². The summed E-state index contributed by atoms with van der Waals surface area (Å²) in [6.45, 7) is 3.89. The molecule has 1 atom stereocenters. The number of amides is 1. The number of aryl methyl sites for hydroxylation is 1. The van der Waals surface area contributed by atoms with Gasteiger partial charge in [-0.1, -0.05) is 18.2 Å². The van der Waals surface area contributed by atoms with Crippen LogP contribution < -0.4 is 11.1 Å². The second-order valence-corrected chi connectivity index (χ2v) is 7.46. The highest BCUT2D eigenvalue weighted by atomic mass is 32.1. The number of hydrogen-bond donors (Lipinski definition) is 2. The predicted octanol–water partition coefficient (Wildman–Crippen LogP) is 4.33. The van der Waals surface area contributed by atoms with E-state index in [0.717, 1.165) is 32.9 Å². The van der Waals surface area contributed by atoms with Gasteiger partial charge in [0, 0.05) is 23.2 Å². The fourth-order valence-corrected chi connectivity index (χ4v) is 3.79. The van der Waals surface area contributed by atoms with Crippen molar-refractivity contribution in [2.45, 2.75) is 19.9 Å². The minimum Gasteiger partial charge on any atom is -0.366 e. The van der Waals surface area contributed by atoms with Crippen LogP contribution in [0, 0.1) is 6.92 Å². The van der Waals surface area contributed by atoms with Crippen LogP contribution in [0.1, 0.15) is 34.7 Å². The summed E-state index contributed by atoms with van der Waals surface area (Å²) >= 11 is 1.61. The number of aromatic nitrogens is 3. The largest absolute Gasteiger partial charge is 0.366 e. The first-order valence-corrected chi connectivity index (χ1v) is 9.73. The molecular formula is C21H19N5OS. The number of hydrogen-bond acceptors (Lipinski definition) is 6. The van der Waals surface area contributed by atoms with E-state index in [1.54, 1.807) is 23.5 Å². The lowest BCUT2D eigenvalue weighted by Gasteiger charge is -2.16. The normalized spacial score (nSPS) is 12.1. The number of benzene rings is 2. The van der Waals surface area contributed by atoms with Gasteiger partial charge < -0.3 is 11.1 Å². The maximum Gasteiger partial charge on any atom is 0.248 e. The zero-order valence-corrected chi connectivity index (χ0v) is 16.3. The van der Waals surface area contributed by atoms with E-state index in [0.29, 0.717) is 11.4 Å². The fraction of sp³-hybridized carbons (Fsp3) is 0.143. The smallest absolute Gasteiger partial charge is 0.248 e. The zero-order valence-electron chi connectivity index (χ0n) is 15.5. The Bertz CT molecular complexity index is 1170. The summed E-state index contributed by atoms with van der Waals surface area (Å²) in [4.78, 5) is 24.8. The third-order valence-corrected chi connectivity index (χ3v) is 5.29. The number of nitrogens with two attached hydrogens (primary N) is 1. The molecule has 0 aliphatic carbocycles. The average molecular weight is 389 g/mol. The van der Waals surface area contributed by atoms with Crippen molar-refractivity contribution >= 4 is 33.3 Å². The van der Waals surface area contributed by atoms with Gasteiger partial charge in [0.1, 0.15) is 11.6 Å². The van der Waals surface area contributed by atoms with Crippen molar-refractivity contribution in [3.05, 3.63) is 71.0 Å². The molecule has 2 aromatic carbocycles. The van der Waals surface area contributed by atoms with Crippen LogP contribution in [0.3, 0.4) is 0 Å². The first-order valence-electron chi connectivity index (χ1n) is 8.85. The molecule has 0 radical (unpaired) electrons.